The minimum absolute atomic E-state index is 0.136. The van der Waals surface area contributed by atoms with Crippen LogP contribution in [0.1, 0.15) is 29.8 Å². The van der Waals surface area contributed by atoms with Crippen LogP contribution >= 0.6 is 15.9 Å². The molecule has 0 bridgehead atoms. The van der Waals surface area contributed by atoms with Gasteiger partial charge in [-0.05, 0) is 46.5 Å². The second-order valence-corrected chi connectivity index (χ2v) is 5.36. The van der Waals surface area contributed by atoms with Crippen LogP contribution in [0.15, 0.2) is 22.7 Å². The van der Waals surface area contributed by atoms with E-state index in [0.29, 0.717) is 5.56 Å². The summed E-state index contributed by atoms with van der Waals surface area (Å²) in [6, 6.07) is 5.56. The quantitative estimate of drug-likeness (QED) is 0.897. The molecule has 94 valence electrons. The van der Waals surface area contributed by atoms with Crippen molar-refractivity contribution in [2.75, 3.05) is 6.54 Å². The fourth-order valence-corrected chi connectivity index (χ4v) is 2.01. The summed E-state index contributed by atoms with van der Waals surface area (Å²) in [7, 11) is 0. The maximum Gasteiger partial charge on any atom is 0.252 e. The minimum Gasteiger partial charge on any atom is -0.391 e. The van der Waals surface area contributed by atoms with Gasteiger partial charge in [0.15, 0.2) is 0 Å². The van der Waals surface area contributed by atoms with Gasteiger partial charge in [-0.15, -0.1) is 0 Å². The SMILES string of the molecule is Cc1ccc(C(=O)NCC(O)C(C)C)c(Br)c1. The number of aliphatic hydroxyl groups excluding tert-OH is 1. The van der Waals surface area contributed by atoms with E-state index in [2.05, 4.69) is 21.2 Å². The predicted octanol–water partition coefficient (Wildman–Crippen LogP) is 2.50. The van der Waals surface area contributed by atoms with E-state index in [4.69, 9.17) is 0 Å². The van der Waals surface area contributed by atoms with Crippen LogP contribution in [0.5, 0.6) is 0 Å². The van der Waals surface area contributed by atoms with Gasteiger partial charge in [-0.25, -0.2) is 0 Å². The van der Waals surface area contributed by atoms with E-state index >= 15 is 0 Å². The van der Waals surface area contributed by atoms with Gasteiger partial charge in [0.1, 0.15) is 0 Å². The summed E-state index contributed by atoms with van der Waals surface area (Å²) < 4.78 is 0.772. The molecule has 1 aromatic rings. The first-order chi connectivity index (χ1) is 7.91. The number of aliphatic hydroxyl groups is 1. The first kappa shape index (κ1) is 14.2. The molecule has 0 spiro atoms. The highest BCUT2D eigenvalue weighted by Gasteiger charge is 2.13. The van der Waals surface area contributed by atoms with Gasteiger partial charge < -0.3 is 10.4 Å². The molecule has 1 amide bonds. The minimum atomic E-state index is -0.511. The molecule has 17 heavy (non-hydrogen) atoms. The molecule has 0 fully saturated rings. The maximum absolute atomic E-state index is 11.9. The Morgan fingerprint density at radius 1 is 1.47 bits per heavy atom. The van der Waals surface area contributed by atoms with E-state index in [1.165, 1.54) is 0 Å². The summed E-state index contributed by atoms with van der Waals surface area (Å²) >= 11 is 3.36. The van der Waals surface area contributed by atoms with Crippen molar-refractivity contribution in [3.8, 4) is 0 Å². The van der Waals surface area contributed by atoms with E-state index in [0.717, 1.165) is 10.0 Å². The monoisotopic (exact) mass is 299 g/mol. The molecule has 0 radical (unpaired) electrons. The second-order valence-electron chi connectivity index (χ2n) is 4.50. The fourth-order valence-electron chi connectivity index (χ4n) is 1.33. The molecular formula is C13H18BrNO2. The number of nitrogens with one attached hydrogen (secondary N) is 1. The molecule has 1 unspecified atom stereocenters. The number of carbonyl (C=O) groups excluding carboxylic acids is 1. The van der Waals surface area contributed by atoms with Crippen LogP contribution in [0, 0.1) is 12.8 Å². The Morgan fingerprint density at radius 2 is 2.12 bits per heavy atom. The molecule has 0 aromatic heterocycles. The van der Waals surface area contributed by atoms with Crippen LogP contribution in [0.2, 0.25) is 0 Å². The summed E-state index contributed by atoms with van der Waals surface area (Å²) in [6.45, 7) is 6.07. The molecule has 0 aliphatic carbocycles. The third kappa shape index (κ3) is 4.13. The normalized spacial score (nSPS) is 12.6. The highest BCUT2D eigenvalue weighted by Crippen LogP contribution is 2.18. The van der Waals surface area contributed by atoms with Crippen molar-refractivity contribution < 1.29 is 9.90 Å². The van der Waals surface area contributed by atoms with E-state index in [1.54, 1.807) is 6.07 Å². The lowest BCUT2D eigenvalue weighted by Gasteiger charge is -2.15. The highest BCUT2D eigenvalue weighted by atomic mass is 79.9. The molecule has 2 N–H and O–H groups in total. The van der Waals surface area contributed by atoms with Crippen molar-refractivity contribution in [3.05, 3.63) is 33.8 Å². The van der Waals surface area contributed by atoms with Gasteiger partial charge in [0.05, 0.1) is 11.7 Å². The number of amides is 1. The van der Waals surface area contributed by atoms with Crippen molar-refractivity contribution in [1.82, 2.24) is 5.32 Å². The van der Waals surface area contributed by atoms with Gasteiger partial charge in [0, 0.05) is 11.0 Å². The summed E-state index contributed by atoms with van der Waals surface area (Å²) in [6.07, 6.45) is -0.511. The lowest BCUT2D eigenvalue weighted by molar-refractivity contribution is 0.0871. The number of halogens is 1. The van der Waals surface area contributed by atoms with Crippen LogP contribution in [0.25, 0.3) is 0 Å². The standard InChI is InChI=1S/C13H18BrNO2/c1-8(2)12(16)7-15-13(17)10-5-4-9(3)6-11(10)14/h4-6,8,12,16H,7H2,1-3H3,(H,15,17). The zero-order valence-electron chi connectivity index (χ0n) is 10.3. The van der Waals surface area contributed by atoms with Crippen molar-refractivity contribution in [2.24, 2.45) is 5.92 Å². The van der Waals surface area contributed by atoms with Gasteiger partial charge in [-0.3, -0.25) is 4.79 Å². The van der Waals surface area contributed by atoms with Crippen LogP contribution < -0.4 is 5.32 Å². The molecule has 1 atom stereocenters. The van der Waals surface area contributed by atoms with Crippen LogP contribution in [-0.4, -0.2) is 23.7 Å². The van der Waals surface area contributed by atoms with Gasteiger partial charge >= 0.3 is 0 Å². The van der Waals surface area contributed by atoms with Crippen LogP contribution in [0.4, 0.5) is 0 Å². The maximum atomic E-state index is 11.9. The average molecular weight is 300 g/mol. The average Bonchev–Trinajstić information content (AvgIpc) is 2.25. The molecule has 0 aliphatic heterocycles. The fraction of sp³-hybridized carbons (Fsp3) is 0.462. The van der Waals surface area contributed by atoms with Gasteiger partial charge in [-0.2, -0.15) is 0 Å². The number of benzene rings is 1. The highest BCUT2D eigenvalue weighted by molar-refractivity contribution is 9.10. The molecule has 0 saturated heterocycles. The Bertz CT molecular complexity index is 404. The first-order valence-electron chi connectivity index (χ1n) is 5.64. The van der Waals surface area contributed by atoms with Crippen LogP contribution in [-0.2, 0) is 0 Å². The van der Waals surface area contributed by atoms with E-state index in [1.807, 2.05) is 32.9 Å². The zero-order chi connectivity index (χ0) is 13.0. The van der Waals surface area contributed by atoms with E-state index < -0.39 is 6.10 Å². The van der Waals surface area contributed by atoms with Crippen molar-refractivity contribution >= 4 is 21.8 Å². The third-order valence-corrected chi connectivity index (χ3v) is 3.27. The Balaban J connectivity index is 2.64. The van der Waals surface area contributed by atoms with Gasteiger partial charge in [0.2, 0.25) is 0 Å². The molecular weight excluding hydrogens is 282 g/mol. The third-order valence-electron chi connectivity index (χ3n) is 2.61. The number of hydrogen-bond acceptors (Lipinski definition) is 2. The van der Waals surface area contributed by atoms with E-state index in [9.17, 15) is 9.90 Å². The molecule has 0 saturated carbocycles. The molecule has 0 aliphatic rings. The second kappa shape index (κ2) is 6.17. The Morgan fingerprint density at radius 3 is 2.65 bits per heavy atom. The van der Waals surface area contributed by atoms with Crippen LogP contribution in [0.3, 0.4) is 0 Å². The lowest BCUT2D eigenvalue weighted by Crippen LogP contribution is -2.34. The Labute approximate surface area is 110 Å². The number of aryl methyl sites for hydroxylation is 1. The Kier molecular flexibility index (Phi) is 5.15. The van der Waals surface area contributed by atoms with Gasteiger partial charge in [-0.1, -0.05) is 19.9 Å². The summed E-state index contributed by atoms with van der Waals surface area (Å²) in [5, 5.41) is 12.3. The topological polar surface area (TPSA) is 49.3 Å². The molecule has 4 heteroatoms. The Hall–Kier alpha value is -0.870. The van der Waals surface area contributed by atoms with Crippen molar-refractivity contribution in [3.63, 3.8) is 0 Å². The lowest BCUT2D eigenvalue weighted by atomic mass is 10.1. The summed E-state index contributed by atoms with van der Waals surface area (Å²) in [4.78, 5) is 11.9. The first-order valence-corrected chi connectivity index (χ1v) is 6.43. The summed E-state index contributed by atoms with van der Waals surface area (Å²) in [5.74, 6) is -0.0340. The molecule has 1 rings (SSSR count). The smallest absolute Gasteiger partial charge is 0.252 e. The number of carbonyl (C=O) groups is 1. The van der Waals surface area contributed by atoms with Crippen molar-refractivity contribution in [1.29, 1.82) is 0 Å². The summed E-state index contributed by atoms with van der Waals surface area (Å²) in [5.41, 5.74) is 1.68. The van der Waals surface area contributed by atoms with E-state index in [-0.39, 0.29) is 18.4 Å². The zero-order valence-corrected chi connectivity index (χ0v) is 11.9. The number of rotatable bonds is 4. The molecule has 1 aromatic carbocycles. The molecule has 3 nitrogen and oxygen atoms in total. The predicted molar refractivity (Wildman–Crippen MR) is 72.1 cm³/mol. The van der Waals surface area contributed by atoms with Crippen molar-refractivity contribution in [2.45, 2.75) is 26.9 Å². The molecule has 0 heterocycles. The number of hydrogen-bond donors (Lipinski definition) is 2. The van der Waals surface area contributed by atoms with Gasteiger partial charge in [0.25, 0.3) is 5.91 Å². The largest absolute Gasteiger partial charge is 0.391 e.